The van der Waals surface area contributed by atoms with Crippen LogP contribution in [-0.2, 0) is 9.59 Å². The second-order valence-electron chi connectivity index (χ2n) is 2.04. The van der Waals surface area contributed by atoms with Crippen LogP contribution in [0.3, 0.4) is 0 Å². The van der Waals surface area contributed by atoms with E-state index < -0.39 is 17.7 Å². The number of amides is 2. The number of nitrogens with two attached hydrogens (primary N) is 2. The van der Waals surface area contributed by atoms with Gasteiger partial charge in [0.1, 0.15) is 10.9 Å². The molecule has 0 aliphatic carbocycles. The highest BCUT2D eigenvalue weighted by Crippen LogP contribution is 2.01. The Hall–Kier alpha value is -1.39. The highest BCUT2D eigenvalue weighted by molar-refractivity contribution is 7.90. The molecule has 0 aromatic heterocycles. The second kappa shape index (κ2) is 4.59. The van der Waals surface area contributed by atoms with Gasteiger partial charge in [0.25, 0.3) is 0 Å². The standard InChI is InChI=1S/C6H5N3O2S2/c7-1-2(12)4(13)3(5(8)10)6(9)11/h3H,(H2,8,10)(H2,9,11). The molecule has 0 unspecified atom stereocenters. The van der Waals surface area contributed by atoms with Crippen molar-refractivity contribution in [1.82, 2.24) is 0 Å². The smallest absolute Gasteiger partial charge is 0.235 e. The fourth-order valence-corrected chi connectivity index (χ4v) is 0.981. The molecular weight excluding hydrogens is 210 g/mol. The minimum Gasteiger partial charge on any atom is -0.369 e. The van der Waals surface area contributed by atoms with Crippen LogP contribution in [0.25, 0.3) is 0 Å². The molecule has 0 bridgehead atoms. The van der Waals surface area contributed by atoms with Crippen molar-refractivity contribution in [1.29, 1.82) is 5.26 Å². The van der Waals surface area contributed by atoms with Gasteiger partial charge in [-0.2, -0.15) is 5.26 Å². The molecule has 0 saturated heterocycles. The number of nitrogens with zero attached hydrogens (tertiary/aromatic N) is 1. The lowest BCUT2D eigenvalue weighted by molar-refractivity contribution is -0.128. The quantitative estimate of drug-likeness (QED) is 0.454. The minimum absolute atomic E-state index is 0.294. The van der Waals surface area contributed by atoms with Crippen LogP contribution in [0.15, 0.2) is 0 Å². The molecule has 0 fully saturated rings. The van der Waals surface area contributed by atoms with E-state index in [-0.39, 0.29) is 9.73 Å². The van der Waals surface area contributed by atoms with Crippen LogP contribution >= 0.6 is 24.4 Å². The van der Waals surface area contributed by atoms with Crippen LogP contribution in [0.4, 0.5) is 0 Å². The summed E-state index contributed by atoms with van der Waals surface area (Å²) >= 11 is 9.06. The highest BCUT2D eigenvalue weighted by atomic mass is 32.1. The third-order valence-electron chi connectivity index (χ3n) is 1.16. The first-order chi connectivity index (χ1) is 5.91. The van der Waals surface area contributed by atoms with Gasteiger partial charge in [0.05, 0.1) is 4.86 Å². The molecule has 7 heteroatoms. The summed E-state index contributed by atoms with van der Waals surface area (Å²) in [7, 11) is 0. The molecule has 0 spiro atoms. The summed E-state index contributed by atoms with van der Waals surface area (Å²) in [6, 6.07) is 1.53. The Morgan fingerprint density at radius 2 is 1.62 bits per heavy atom. The molecule has 0 saturated carbocycles. The number of rotatable bonds is 4. The lowest BCUT2D eigenvalue weighted by Crippen LogP contribution is -2.42. The Morgan fingerprint density at radius 1 is 1.23 bits per heavy atom. The number of primary amides is 2. The van der Waals surface area contributed by atoms with Crippen molar-refractivity contribution in [3.8, 4) is 6.07 Å². The first-order valence-electron chi connectivity index (χ1n) is 2.98. The number of carbonyl (C=O) groups excluding carboxylic acids is 2. The molecule has 5 nitrogen and oxygen atoms in total. The van der Waals surface area contributed by atoms with E-state index >= 15 is 0 Å². The third-order valence-corrected chi connectivity index (χ3v) is 2.04. The van der Waals surface area contributed by atoms with Crippen LogP contribution < -0.4 is 11.5 Å². The fraction of sp³-hybridized carbons (Fsp3) is 0.167. The van der Waals surface area contributed by atoms with Crippen LogP contribution in [-0.4, -0.2) is 21.5 Å². The average molecular weight is 215 g/mol. The van der Waals surface area contributed by atoms with Gasteiger partial charge in [-0.15, -0.1) is 0 Å². The van der Waals surface area contributed by atoms with Crippen molar-refractivity contribution < 1.29 is 9.59 Å². The maximum absolute atomic E-state index is 10.7. The molecule has 68 valence electrons. The summed E-state index contributed by atoms with van der Waals surface area (Å²) in [6.07, 6.45) is 0. The van der Waals surface area contributed by atoms with Gasteiger partial charge in [-0.05, 0) is 0 Å². The number of thiocarbonyl (C=S) groups is 2. The molecule has 4 N–H and O–H groups in total. The van der Waals surface area contributed by atoms with Gasteiger partial charge >= 0.3 is 0 Å². The van der Waals surface area contributed by atoms with Crippen molar-refractivity contribution in [3.05, 3.63) is 0 Å². The summed E-state index contributed by atoms with van der Waals surface area (Å²) in [5.74, 6) is -3.48. The van der Waals surface area contributed by atoms with Gasteiger partial charge in [0, 0.05) is 0 Å². The zero-order valence-electron chi connectivity index (χ0n) is 6.31. The molecule has 0 atom stereocenters. The number of carbonyl (C=O) groups is 2. The van der Waals surface area contributed by atoms with Gasteiger partial charge in [-0.1, -0.05) is 24.4 Å². The predicted molar refractivity (Wildman–Crippen MR) is 52.7 cm³/mol. The van der Waals surface area contributed by atoms with Gasteiger partial charge in [0.2, 0.25) is 11.8 Å². The Labute approximate surface area is 84.7 Å². The van der Waals surface area contributed by atoms with E-state index in [0.29, 0.717) is 0 Å². The van der Waals surface area contributed by atoms with Crippen molar-refractivity contribution in [3.63, 3.8) is 0 Å². The molecular formula is C6H5N3O2S2. The van der Waals surface area contributed by atoms with Crippen LogP contribution in [0.2, 0.25) is 0 Å². The summed E-state index contributed by atoms with van der Waals surface area (Å²) in [6.45, 7) is 0. The number of hydrogen-bond donors (Lipinski definition) is 2. The Balaban J connectivity index is 4.90. The first kappa shape index (κ1) is 11.6. The topological polar surface area (TPSA) is 110 Å². The molecule has 0 aromatic rings. The fourth-order valence-electron chi connectivity index (χ4n) is 0.585. The molecule has 13 heavy (non-hydrogen) atoms. The van der Waals surface area contributed by atoms with E-state index in [4.69, 9.17) is 16.7 Å². The molecule has 0 heterocycles. The van der Waals surface area contributed by atoms with Crippen molar-refractivity contribution in [2.75, 3.05) is 0 Å². The third kappa shape index (κ3) is 2.85. The van der Waals surface area contributed by atoms with E-state index in [2.05, 4.69) is 24.4 Å². The Kier molecular flexibility index (Phi) is 4.10. The van der Waals surface area contributed by atoms with Crippen LogP contribution in [0.1, 0.15) is 0 Å². The molecule has 0 rings (SSSR count). The van der Waals surface area contributed by atoms with E-state index in [1.807, 2.05) is 0 Å². The Morgan fingerprint density at radius 3 is 1.85 bits per heavy atom. The normalized spacial score (nSPS) is 8.92. The molecule has 0 aromatic carbocycles. The zero-order valence-corrected chi connectivity index (χ0v) is 7.95. The SMILES string of the molecule is N#CC(=S)C(=S)C(C(N)=O)C(N)=O. The maximum Gasteiger partial charge on any atom is 0.235 e. The summed E-state index contributed by atoms with van der Waals surface area (Å²) < 4.78 is 0. The molecule has 0 aliphatic heterocycles. The monoisotopic (exact) mass is 215 g/mol. The highest BCUT2D eigenvalue weighted by Gasteiger charge is 2.28. The maximum atomic E-state index is 10.7. The van der Waals surface area contributed by atoms with E-state index in [9.17, 15) is 9.59 Å². The van der Waals surface area contributed by atoms with Crippen molar-refractivity contribution >= 4 is 46.0 Å². The lowest BCUT2D eigenvalue weighted by Gasteiger charge is -2.07. The molecule has 0 aliphatic rings. The Bertz CT molecular complexity index is 317. The number of nitriles is 1. The lowest BCUT2D eigenvalue weighted by atomic mass is 10.0. The van der Waals surface area contributed by atoms with E-state index in [1.54, 1.807) is 0 Å². The van der Waals surface area contributed by atoms with Crippen LogP contribution in [0, 0.1) is 17.2 Å². The van der Waals surface area contributed by atoms with Gasteiger partial charge in [-0.25, -0.2) is 0 Å². The largest absolute Gasteiger partial charge is 0.369 e. The summed E-state index contributed by atoms with van der Waals surface area (Å²) in [4.78, 5) is 20.7. The van der Waals surface area contributed by atoms with Crippen LogP contribution in [0.5, 0.6) is 0 Å². The van der Waals surface area contributed by atoms with Crippen molar-refractivity contribution in [2.24, 2.45) is 17.4 Å². The molecule has 0 radical (unpaired) electrons. The number of hydrogen-bond acceptors (Lipinski definition) is 5. The first-order valence-corrected chi connectivity index (χ1v) is 3.80. The minimum atomic E-state index is -1.47. The van der Waals surface area contributed by atoms with E-state index in [0.717, 1.165) is 0 Å². The van der Waals surface area contributed by atoms with Gasteiger partial charge < -0.3 is 11.5 Å². The zero-order chi connectivity index (χ0) is 10.6. The summed E-state index contributed by atoms with van der Waals surface area (Å²) in [5, 5.41) is 8.33. The van der Waals surface area contributed by atoms with Gasteiger partial charge in [-0.3, -0.25) is 9.59 Å². The summed E-state index contributed by atoms with van der Waals surface area (Å²) in [5.41, 5.74) is 9.67. The van der Waals surface area contributed by atoms with Crippen molar-refractivity contribution in [2.45, 2.75) is 0 Å². The average Bonchev–Trinajstić information content (AvgIpc) is 2.01. The molecule has 2 amide bonds. The second-order valence-corrected chi connectivity index (χ2v) is 2.89. The predicted octanol–water partition coefficient (Wildman–Crippen LogP) is -1.16. The van der Waals surface area contributed by atoms with Gasteiger partial charge in [0.15, 0.2) is 5.92 Å². The van der Waals surface area contributed by atoms with E-state index in [1.165, 1.54) is 6.07 Å².